The smallest absolute Gasteiger partial charge is 0.186 e. The number of rotatable bonds is 33. The molecule has 0 aromatic rings. The molecular weight excluding hydrogens is 618 g/mol. The molecule has 0 aliphatic carbocycles. The largest absolute Gasteiger partial charge is 0.353 e. The molecule has 0 N–H and O–H groups in total. The summed E-state index contributed by atoms with van der Waals surface area (Å²) in [5.74, 6) is -0.495. The Morgan fingerprint density at radius 2 is 0.920 bits per heavy atom. The first-order chi connectivity index (χ1) is 24.5. The third kappa shape index (κ3) is 20.7. The summed E-state index contributed by atoms with van der Waals surface area (Å²) < 4.78 is 25.7. The lowest BCUT2D eigenvalue weighted by Gasteiger charge is -2.32. The Morgan fingerprint density at radius 1 is 0.520 bits per heavy atom. The Morgan fingerprint density at radius 3 is 1.34 bits per heavy atom. The van der Waals surface area contributed by atoms with Gasteiger partial charge in [0.25, 0.3) is 0 Å². The maximum Gasteiger partial charge on any atom is 0.186 e. The third-order valence-corrected chi connectivity index (χ3v) is 10.3. The van der Waals surface area contributed by atoms with E-state index in [2.05, 4.69) is 81.5 Å². The first-order valence-corrected chi connectivity index (χ1v) is 21.3. The molecule has 2 saturated heterocycles. The van der Waals surface area contributed by atoms with Gasteiger partial charge in [0.1, 0.15) is 18.3 Å². The standard InChI is InChI=1S/C45H81NO4/c1-6-8-10-12-14-16-18-20-22-24-26-28-30-32-34-36-38-45(49-42-41(40-46(3)4)48-44(47-5)43(42)50-45)39-37-35-33-31-29-27-25-23-21-19-17-15-13-11-9-7-2/h14-17,20-23,41-44H,6-13,18-19,24-40H2,1-5H3/t41?,42-,43-,44+,45?/m1/s1. The minimum atomic E-state index is -0.495. The van der Waals surface area contributed by atoms with Crippen molar-refractivity contribution in [2.75, 3.05) is 27.7 Å². The van der Waals surface area contributed by atoms with Crippen LogP contribution in [-0.4, -0.2) is 63.0 Å². The Hall–Kier alpha value is -1.24. The summed E-state index contributed by atoms with van der Waals surface area (Å²) in [7, 11) is 5.92. The van der Waals surface area contributed by atoms with Crippen molar-refractivity contribution in [3.63, 3.8) is 0 Å². The van der Waals surface area contributed by atoms with Crippen LogP contribution >= 0.6 is 0 Å². The third-order valence-electron chi connectivity index (χ3n) is 10.3. The van der Waals surface area contributed by atoms with Gasteiger partial charge in [0, 0.05) is 26.5 Å². The summed E-state index contributed by atoms with van der Waals surface area (Å²) in [6, 6.07) is 0. The molecule has 2 aliphatic rings. The molecule has 50 heavy (non-hydrogen) atoms. The van der Waals surface area contributed by atoms with Gasteiger partial charge in [-0.1, -0.05) is 140 Å². The number of fused-ring (bicyclic) bond motifs is 1. The first-order valence-electron chi connectivity index (χ1n) is 21.3. The molecule has 0 saturated carbocycles. The molecule has 2 heterocycles. The second-order valence-corrected chi connectivity index (χ2v) is 15.3. The number of methoxy groups -OCH3 is 1. The van der Waals surface area contributed by atoms with E-state index in [1.807, 2.05) is 0 Å². The zero-order valence-electron chi connectivity index (χ0n) is 33.6. The van der Waals surface area contributed by atoms with Crippen molar-refractivity contribution in [1.82, 2.24) is 4.90 Å². The predicted molar refractivity (Wildman–Crippen MR) is 215 cm³/mol. The SMILES string of the molecule is CCCCCC=CCC=CCCCCCCCCC1(CCCCCCCCC=CCC=CCCCCC)O[C@H]2[C@@H](OC)OC(CN(C)C)[C@H]2O1. The Balaban J connectivity index is 1.66. The molecule has 0 bridgehead atoms. The van der Waals surface area contributed by atoms with Crippen LogP contribution in [0, 0.1) is 0 Å². The van der Waals surface area contributed by atoms with E-state index in [1.165, 1.54) is 128 Å². The summed E-state index contributed by atoms with van der Waals surface area (Å²) in [4.78, 5) is 2.17. The number of ether oxygens (including phenoxy) is 4. The van der Waals surface area contributed by atoms with Gasteiger partial charge in [0.15, 0.2) is 12.1 Å². The number of likely N-dealkylation sites (N-methyl/N-ethyl adjacent to an activating group) is 1. The lowest BCUT2D eigenvalue weighted by molar-refractivity contribution is -0.248. The molecule has 4 atom stereocenters. The monoisotopic (exact) mass is 700 g/mol. The molecule has 2 rings (SSSR count). The van der Waals surface area contributed by atoms with Crippen LogP contribution < -0.4 is 0 Å². The molecule has 0 aromatic carbocycles. The van der Waals surface area contributed by atoms with Crippen LogP contribution in [0.1, 0.15) is 181 Å². The Kier molecular flexibility index (Phi) is 27.2. The fourth-order valence-electron chi connectivity index (χ4n) is 7.31. The second kappa shape index (κ2) is 30.2. The van der Waals surface area contributed by atoms with Crippen molar-refractivity contribution >= 4 is 0 Å². The summed E-state index contributed by atoms with van der Waals surface area (Å²) in [5.41, 5.74) is 0. The van der Waals surface area contributed by atoms with Crippen LogP contribution in [0.15, 0.2) is 48.6 Å². The van der Waals surface area contributed by atoms with Crippen molar-refractivity contribution in [3.05, 3.63) is 48.6 Å². The highest BCUT2D eigenvalue weighted by atomic mass is 16.8. The van der Waals surface area contributed by atoms with Gasteiger partial charge in [-0.3, -0.25) is 0 Å². The van der Waals surface area contributed by atoms with E-state index in [1.54, 1.807) is 7.11 Å². The van der Waals surface area contributed by atoms with Crippen LogP contribution in [-0.2, 0) is 18.9 Å². The molecule has 0 aromatic heterocycles. The maximum atomic E-state index is 6.89. The molecule has 0 radical (unpaired) electrons. The molecule has 5 heteroatoms. The number of hydrogen-bond donors (Lipinski definition) is 0. The average Bonchev–Trinajstić information content (AvgIpc) is 3.63. The summed E-state index contributed by atoms with van der Waals surface area (Å²) >= 11 is 0. The summed E-state index contributed by atoms with van der Waals surface area (Å²) in [6.45, 7) is 5.35. The lowest BCUT2D eigenvalue weighted by atomic mass is 9.98. The van der Waals surface area contributed by atoms with Gasteiger partial charge in [-0.05, 0) is 91.1 Å². The van der Waals surface area contributed by atoms with E-state index < -0.39 is 5.79 Å². The second-order valence-electron chi connectivity index (χ2n) is 15.3. The van der Waals surface area contributed by atoms with E-state index >= 15 is 0 Å². The highest BCUT2D eigenvalue weighted by Gasteiger charge is 2.58. The van der Waals surface area contributed by atoms with Crippen LogP contribution in [0.4, 0.5) is 0 Å². The number of nitrogens with zero attached hydrogens (tertiary/aromatic N) is 1. The summed E-state index contributed by atoms with van der Waals surface area (Å²) in [6.07, 6.45) is 50.5. The number of allylic oxidation sites excluding steroid dienone is 8. The van der Waals surface area contributed by atoms with Gasteiger partial charge < -0.3 is 23.8 Å². The lowest BCUT2D eigenvalue weighted by Crippen LogP contribution is -2.39. The van der Waals surface area contributed by atoms with Crippen LogP contribution in [0.2, 0.25) is 0 Å². The van der Waals surface area contributed by atoms with Crippen LogP contribution in [0.25, 0.3) is 0 Å². The number of unbranched alkanes of at least 4 members (excludes halogenated alkanes) is 18. The fourth-order valence-corrected chi connectivity index (χ4v) is 7.31. The van der Waals surface area contributed by atoms with Gasteiger partial charge in [0.05, 0.1) is 0 Å². The van der Waals surface area contributed by atoms with Gasteiger partial charge in [-0.25, -0.2) is 0 Å². The molecule has 5 nitrogen and oxygen atoms in total. The molecule has 2 fully saturated rings. The molecular formula is C45H81NO4. The van der Waals surface area contributed by atoms with Crippen molar-refractivity contribution in [2.45, 2.75) is 211 Å². The van der Waals surface area contributed by atoms with E-state index in [4.69, 9.17) is 18.9 Å². The van der Waals surface area contributed by atoms with Gasteiger partial charge in [-0.2, -0.15) is 0 Å². The Labute approximate surface area is 310 Å². The molecule has 0 amide bonds. The minimum absolute atomic E-state index is 0.0199. The van der Waals surface area contributed by atoms with E-state index in [0.717, 1.165) is 45.1 Å². The van der Waals surface area contributed by atoms with Gasteiger partial charge >= 0.3 is 0 Å². The van der Waals surface area contributed by atoms with E-state index in [-0.39, 0.29) is 24.6 Å². The van der Waals surface area contributed by atoms with Gasteiger partial charge in [-0.15, -0.1) is 0 Å². The quantitative estimate of drug-likeness (QED) is 0.0504. The normalized spacial score (nSPS) is 24.0. The van der Waals surface area contributed by atoms with Gasteiger partial charge in [0.2, 0.25) is 0 Å². The average molecular weight is 700 g/mol. The first kappa shape index (κ1) is 44.9. The van der Waals surface area contributed by atoms with Crippen molar-refractivity contribution in [1.29, 1.82) is 0 Å². The molecule has 0 spiro atoms. The Bertz CT molecular complexity index is 848. The molecule has 2 aliphatic heterocycles. The molecule has 290 valence electrons. The molecule has 1 unspecified atom stereocenters. The zero-order chi connectivity index (χ0) is 36.0. The van der Waals surface area contributed by atoms with E-state index in [9.17, 15) is 0 Å². The minimum Gasteiger partial charge on any atom is -0.353 e. The van der Waals surface area contributed by atoms with Crippen LogP contribution in [0.5, 0.6) is 0 Å². The highest BCUT2D eigenvalue weighted by molar-refractivity contribution is 4.98. The van der Waals surface area contributed by atoms with Crippen molar-refractivity contribution < 1.29 is 18.9 Å². The number of hydrogen-bond acceptors (Lipinski definition) is 5. The van der Waals surface area contributed by atoms with Crippen LogP contribution in [0.3, 0.4) is 0 Å². The predicted octanol–water partition coefficient (Wildman–Crippen LogP) is 12.8. The highest BCUT2D eigenvalue weighted by Crippen LogP contribution is 2.44. The maximum absolute atomic E-state index is 6.89. The summed E-state index contributed by atoms with van der Waals surface area (Å²) in [5, 5.41) is 0. The topological polar surface area (TPSA) is 40.2 Å². The van der Waals surface area contributed by atoms with Crippen molar-refractivity contribution in [2.24, 2.45) is 0 Å². The van der Waals surface area contributed by atoms with Crippen molar-refractivity contribution in [3.8, 4) is 0 Å². The zero-order valence-corrected chi connectivity index (χ0v) is 33.6. The fraction of sp³-hybridized carbons (Fsp3) is 0.822. The van der Waals surface area contributed by atoms with E-state index in [0.29, 0.717) is 0 Å².